The van der Waals surface area contributed by atoms with Crippen LogP contribution in [0.3, 0.4) is 0 Å². The summed E-state index contributed by atoms with van der Waals surface area (Å²) < 4.78 is 40.9. The molecule has 29 heavy (non-hydrogen) atoms. The van der Waals surface area contributed by atoms with Crippen LogP contribution in [-0.4, -0.2) is 28.0 Å². The van der Waals surface area contributed by atoms with Crippen LogP contribution in [0.2, 0.25) is 0 Å². The second-order valence-corrected chi connectivity index (χ2v) is 8.43. The molecule has 0 aromatic heterocycles. The first kappa shape index (κ1) is 22.8. The number of aliphatic imine (C=N–C) groups is 1. The molecule has 6 nitrogen and oxygen atoms in total. The lowest BCUT2D eigenvalue weighted by atomic mass is 10.2. The lowest BCUT2D eigenvalue weighted by molar-refractivity contribution is 0.580. The number of nitrogens with one attached hydrogen (secondary N) is 3. The Morgan fingerprint density at radius 2 is 1.72 bits per heavy atom. The summed E-state index contributed by atoms with van der Waals surface area (Å²) in [5.41, 5.74) is 1.37. The molecule has 0 radical (unpaired) electrons. The topological polar surface area (TPSA) is 82.6 Å². The smallest absolute Gasteiger partial charge is 0.240 e. The maximum atomic E-state index is 13.3. The van der Waals surface area contributed by atoms with Crippen LogP contribution in [0.5, 0.6) is 0 Å². The minimum Gasteiger partial charge on any atom is -0.356 e. The van der Waals surface area contributed by atoms with Gasteiger partial charge in [-0.05, 0) is 41.8 Å². The van der Waals surface area contributed by atoms with Crippen molar-refractivity contribution in [1.82, 2.24) is 15.4 Å². The molecule has 0 aliphatic rings. The fourth-order valence-corrected chi connectivity index (χ4v) is 3.81. The quantitative estimate of drug-likeness (QED) is 0.313. The molecular formula is C21H29FN4O2S. The van der Waals surface area contributed by atoms with Gasteiger partial charge in [-0.15, -0.1) is 0 Å². The molecule has 8 heteroatoms. The van der Waals surface area contributed by atoms with Gasteiger partial charge in [0.25, 0.3) is 0 Å². The van der Waals surface area contributed by atoms with E-state index in [0.29, 0.717) is 18.1 Å². The van der Waals surface area contributed by atoms with Gasteiger partial charge in [-0.2, -0.15) is 0 Å². The van der Waals surface area contributed by atoms with Crippen LogP contribution in [0.1, 0.15) is 37.3 Å². The molecule has 2 rings (SSSR count). The SMILES string of the molecule is CCCCCNC(=NC)NCc1cccc(S(=O)(=O)NCc2cccc(F)c2)c1. The molecule has 0 unspecified atom stereocenters. The zero-order chi connectivity index (χ0) is 21.1. The van der Waals surface area contributed by atoms with Gasteiger partial charge in [-0.25, -0.2) is 17.5 Å². The van der Waals surface area contributed by atoms with Crippen molar-refractivity contribution in [2.75, 3.05) is 13.6 Å². The minimum atomic E-state index is -3.70. The predicted molar refractivity (Wildman–Crippen MR) is 115 cm³/mol. The van der Waals surface area contributed by atoms with Crippen molar-refractivity contribution in [3.8, 4) is 0 Å². The summed E-state index contributed by atoms with van der Waals surface area (Å²) in [6.07, 6.45) is 3.39. The molecule has 2 aromatic carbocycles. The van der Waals surface area contributed by atoms with Crippen LogP contribution in [0.25, 0.3) is 0 Å². The Balaban J connectivity index is 1.95. The van der Waals surface area contributed by atoms with Gasteiger partial charge in [-0.1, -0.05) is 44.0 Å². The molecule has 0 saturated heterocycles. The first-order chi connectivity index (χ1) is 13.9. The summed E-state index contributed by atoms with van der Waals surface area (Å²) in [5, 5.41) is 6.43. The molecule has 3 N–H and O–H groups in total. The number of rotatable bonds is 10. The summed E-state index contributed by atoms with van der Waals surface area (Å²) in [6, 6.07) is 12.6. The van der Waals surface area contributed by atoms with Gasteiger partial charge >= 0.3 is 0 Å². The normalized spacial score (nSPS) is 12.0. The van der Waals surface area contributed by atoms with Crippen LogP contribution in [0, 0.1) is 5.82 Å². The molecule has 0 aliphatic carbocycles. The molecule has 0 fully saturated rings. The molecule has 2 aromatic rings. The Labute approximate surface area is 172 Å². The van der Waals surface area contributed by atoms with Crippen LogP contribution < -0.4 is 15.4 Å². The number of sulfonamides is 1. The number of hydrogen-bond donors (Lipinski definition) is 3. The summed E-state index contributed by atoms with van der Waals surface area (Å²) in [7, 11) is -2.00. The van der Waals surface area contributed by atoms with Gasteiger partial charge in [0.2, 0.25) is 10.0 Å². The molecule has 0 heterocycles. The number of benzene rings is 2. The highest BCUT2D eigenvalue weighted by Crippen LogP contribution is 2.13. The van der Waals surface area contributed by atoms with Crippen molar-refractivity contribution in [2.24, 2.45) is 4.99 Å². The highest BCUT2D eigenvalue weighted by atomic mass is 32.2. The molecule has 158 valence electrons. The van der Waals surface area contributed by atoms with E-state index in [1.165, 1.54) is 18.2 Å². The third-order valence-electron chi connectivity index (χ3n) is 4.32. The minimum absolute atomic E-state index is 0.0247. The molecule has 0 spiro atoms. The van der Waals surface area contributed by atoms with E-state index >= 15 is 0 Å². The Morgan fingerprint density at radius 1 is 1.00 bits per heavy atom. The first-order valence-electron chi connectivity index (χ1n) is 9.72. The zero-order valence-corrected chi connectivity index (χ0v) is 17.7. The molecule has 0 saturated carbocycles. The Kier molecular flexibility index (Phi) is 9.08. The van der Waals surface area contributed by atoms with Gasteiger partial charge in [0.1, 0.15) is 5.82 Å². The van der Waals surface area contributed by atoms with Crippen LogP contribution in [-0.2, 0) is 23.1 Å². The number of halogens is 1. The van der Waals surface area contributed by atoms with Crippen molar-refractivity contribution < 1.29 is 12.8 Å². The lowest BCUT2D eigenvalue weighted by Crippen LogP contribution is -2.37. The molecule has 0 atom stereocenters. The third kappa shape index (κ3) is 7.83. The first-order valence-corrected chi connectivity index (χ1v) is 11.2. The second-order valence-electron chi connectivity index (χ2n) is 6.66. The van der Waals surface area contributed by atoms with Gasteiger partial charge in [0, 0.05) is 26.7 Å². The predicted octanol–water partition coefficient (Wildman–Crippen LogP) is 3.16. The number of nitrogens with zero attached hydrogens (tertiary/aromatic N) is 1. The Bertz CT molecular complexity index is 916. The fraction of sp³-hybridized carbons (Fsp3) is 0.381. The van der Waals surface area contributed by atoms with Gasteiger partial charge in [0.15, 0.2) is 5.96 Å². The van der Waals surface area contributed by atoms with Gasteiger partial charge < -0.3 is 10.6 Å². The molecule has 0 bridgehead atoms. The van der Waals surface area contributed by atoms with E-state index in [1.807, 2.05) is 6.07 Å². The van der Waals surface area contributed by atoms with E-state index in [1.54, 1.807) is 31.3 Å². The van der Waals surface area contributed by atoms with Crippen LogP contribution >= 0.6 is 0 Å². The largest absolute Gasteiger partial charge is 0.356 e. The zero-order valence-electron chi connectivity index (χ0n) is 16.9. The van der Waals surface area contributed by atoms with Crippen LogP contribution in [0.4, 0.5) is 4.39 Å². The third-order valence-corrected chi connectivity index (χ3v) is 5.72. The number of unbranched alkanes of at least 4 members (excludes halogenated alkanes) is 2. The Morgan fingerprint density at radius 3 is 2.41 bits per heavy atom. The van der Waals surface area contributed by atoms with Crippen molar-refractivity contribution in [2.45, 2.75) is 44.2 Å². The fourth-order valence-electron chi connectivity index (χ4n) is 2.72. The molecule has 0 aliphatic heterocycles. The summed E-state index contributed by atoms with van der Waals surface area (Å²) >= 11 is 0. The van der Waals surface area contributed by atoms with E-state index < -0.39 is 15.8 Å². The summed E-state index contributed by atoms with van der Waals surface area (Å²) in [4.78, 5) is 4.34. The summed E-state index contributed by atoms with van der Waals surface area (Å²) in [6.45, 7) is 3.46. The Hall–Kier alpha value is -2.45. The highest BCUT2D eigenvalue weighted by molar-refractivity contribution is 7.89. The van der Waals surface area contributed by atoms with E-state index in [9.17, 15) is 12.8 Å². The van der Waals surface area contributed by atoms with Gasteiger partial charge in [0.05, 0.1) is 4.90 Å². The van der Waals surface area contributed by atoms with Crippen molar-refractivity contribution >= 4 is 16.0 Å². The van der Waals surface area contributed by atoms with E-state index in [4.69, 9.17) is 0 Å². The standard InChI is InChI=1S/C21H29FN4O2S/c1-3-4-5-12-24-21(23-2)25-15-18-9-7-11-20(14-18)29(27,28)26-16-17-8-6-10-19(22)13-17/h6-11,13-14,26H,3-5,12,15-16H2,1-2H3,(H2,23,24,25). The van der Waals surface area contributed by atoms with Crippen molar-refractivity contribution in [3.63, 3.8) is 0 Å². The number of hydrogen-bond acceptors (Lipinski definition) is 3. The van der Waals surface area contributed by atoms with Gasteiger partial charge in [-0.3, -0.25) is 4.99 Å². The van der Waals surface area contributed by atoms with Crippen LogP contribution in [0.15, 0.2) is 58.4 Å². The lowest BCUT2D eigenvalue weighted by Gasteiger charge is -2.13. The molecular weight excluding hydrogens is 391 g/mol. The van der Waals surface area contributed by atoms with E-state index in [0.717, 1.165) is 31.4 Å². The van der Waals surface area contributed by atoms with E-state index in [2.05, 4.69) is 27.3 Å². The monoisotopic (exact) mass is 420 g/mol. The maximum absolute atomic E-state index is 13.3. The van der Waals surface area contributed by atoms with Crippen molar-refractivity contribution in [3.05, 3.63) is 65.5 Å². The summed E-state index contributed by atoms with van der Waals surface area (Å²) in [5.74, 6) is 0.282. The average molecular weight is 421 g/mol. The second kappa shape index (κ2) is 11.5. The average Bonchev–Trinajstić information content (AvgIpc) is 2.72. The van der Waals surface area contributed by atoms with Crippen molar-refractivity contribution in [1.29, 1.82) is 0 Å². The van der Waals surface area contributed by atoms with E-state index in [-0.39, 0.29) is 11.4 Å². The highest BCUT2D eigenvalue weighted by Gasteiger charge is 2.14. The molecule has 0 amide bonds. The maximum Gasteiger partial charge on any atom is 0.240 e. The number of guanidine groups is 1.